The average molecular weight is 481 g/mol. The fourth-order valence-corrected chi connectivity index (χ4v) is 3.80. The zero-order chi connectivity index (χ0) is 24.6. The number of fused-ring (bicyclic) bond motifs is 1. The first-order valence-corrected chi connectivity index (χ1v) is 10.2. The standard InChI is InChI=1S/C21H20F5N7O/c1-3-18(34)30-15-6-16-17(5-14(15)23)32(2)20(31-16)33-9-12(22)4-13(10-33)29-19-27-7-11(8-28-19)21(24,25)26/h3,5-8,12-13H,1,4,9-10H2,2H3,(H,30,34)(H,27,28,29)/t12-,13-/m1/s1. The summed E-state index contributed by atoms with van der Waals surface area (Å²) in [5.74, 6) is -0.936. The van der Waals surface area contributed by atoms with Gasteiger partial charge in [-0.1, -0.05) is 6.58 Å². The SMILES string of the molecule is C=CC(=O)Nc1cc2nc(N3C[C@H](F)C[C@@H](Nc4ncc(C(F)(F)F)cn4)C3)n(C)c2cc1F. The Morgan fingerprint density at radius 2 is 1.94 bits per heavy atom. The van der Waals surface area contributed by atoms with E-state index in [1.807, 2.05) is 0 Å². The van der Waals surface area contributed by atoms with Gasteiger partial charge in [0, 0.05) is 44.5 Å². The molecule has 2 N–H and O–H groups in total. The Labute approximate surface area is 190 Å². The molecule has 0 spiro atoms. The lowest BCUT2D eigenvalue weighted by atomic mass is 10.0. The molecule has 13 heteroatoms. The molecule has 0 saturated carbocycles. The molecule has 8 nitrogen and oxygen atoms in total. The summed E-state index contributed by atoms with van der Waals surface area (Å²) in [5.41, 5.74) is -0.235. The van der Waals surface area contributed by atoms with E-state index in [4.69, 9.17) is 0 Å². The fourth-order valence-electron chi connectivity index (χ4n) is 3.80. The molecule has 0 aliphatic carbocycles. The summed E-state index contributed by atoms with van der Waals surface area (Å²) in [4.78, 5) is 25.0. The van der Waals surface area contributed by atoms with Crippen LogP contribution in [0.5, 0.6) is 0 Å². The molecule has 1 fully saturated rings. The number of benzene rings is 1. The Bertz CT molecular complexity index is 1220. The van der Waals surface area contributed by atoms with Gasteiger partial charge in [-0.2, -0.15) is 13.2 Å². The van der Waals surface area contributed by atoms with Crippen molar-refractivity contribution in [3.63, 3.8) is 0 Å². The second-order valence-electron chi connectivity index (χ2n) is 7.86. The molecule has 1 aliphatic heterocycles. The minimum Gasteiger partial charge on any atom is -0.350 e. The van der Waals surface area contributed by atoms with E-state index in [1.54, 1.807) is 16.5 Å². The molecule has 3 aromatic rings. The summed E-state index contributed by atoms with van der Waals surface area (Å²) in [6.45, 7) is 3.60. The van der Waals surface area contributed by atoms with Gasteiger partial charge in [0.05, 0.1) is 28.8 Å². The van der Waals surface area contributed by atoms with Crippen molar-refractivity contribution in [2.24, 2.45) is 7.05 Å². The minimum atomic E-state index is -4.56. The van der Waals surface area contributed by atoms with Gasteiger partial charge in [-0.05, 0) is 12.1 Å². The van der Waals surface area contributed by atoms with E-state index in [1.165, 1.54) is 12.1 Å². The van der Waals surface area contributed by atoms with Gasteiger partial charge in [0.2, 0.25) is 17.8 Å². The quantitative estimate of drug-likeness (QED) is 0.427. The molecule has 4 rings (SSSR count). The lowest BCUT2D eigenvalue weighted by molar-refractivity contribution is -0.138. The second-order valence-corrected chi connectivity index (χ2v) is 7.86. The third kappa shape index (κ3) is 4.77. The van der Waals surface area contributed by atoms with Crippen LogP contribution in [0.4, 0.5) is 39.5 Å². The number of carbonyl (C=O) groups excluding carboxylic acids is 1. The molecule has 34 heavy (non-hydrogen) atoms. The highest BCUT2D eigenvalue weighted by Crippen LogP contribution is 2.30. The number of halogens is 5. The molecule has 1 aliphatic rings. The lowest BCUT2D eigenvalue weighted by Crippen LogP contribution is -2.48. The van der Waals surface area contributed by atoms with Gasteiger partial charge in [-0.15, -0.1) is 0 Å². The summed E-state index contributed by atoms with van der Waals surface area (Å²) < 4.78 is 68.8. The first-order chi connectivity index (χ1) is 16.0. The molecule has 0 bridgehead atoms. The number of hydrogen-bond acceptors (Lipinski definition) is 6. The number of aromatic nitrogens is 4. The van der Waals surface area contributed by atoms with E-state index in [9.17, 15) is 26.7 Å². The second kappa shape index (κ2) is 8.88. The summed E-state index contributed by atoms with van der Waals surface area (Å²) >= 11 is 0. The van der Waals surface area contributed by atoms with Crippen LogP contribution in [0.2, 0.25) is 0 Å². The van der Waals surface area contributed by atoms with E-state index in [-0.39, 0.29) is 31.1 Å². The number of hydrogen-bond donors (Lipinski definition) is 2. The van der Waals surface area contributed by atoms with E-state index in [2.05, 4.69) is 32.2 Å². The third-order valence-corrected chi connectivity index (χ3v) is 5.38. The van der Waals surface area contributed by atoms with Crippen LogP contribution in [-0.2, 0) is 18.0 Å². The van der Waals surface area contributed by atoms with Crippen molar-refractivity contribution >= 4 is 34.5 Å². The molecule has 3 heterocycles. The third-order valence-electron chi connectivity index (χ3n) is 5.38. The van der Waals surface area contributed by atoms with Gasteiger partial charge in [-0.25, -0.2) is 23.7 Å². The van der Waals surface area contributed by atoms with Crippen LogP contribution < -0.4 is 15.5 Å². The number of aryl methyl sites for hydroxylation is 1. The summed E-state index contributed by atoms with van der Waals surface area (Å²) in [6, 6.07) is 2.07. The van der Waals surface area contributed by atoms with E-state index < -0.39 is 35.7 Å². The number of carbonyl (C=O) groups is 1. The number of piperidine rings is 1. The number of nitrogens with zero attached hydrogens (tertiary/aromatic N) is 5. The van der Waals surface area contributed by atoms with Gasteiger partial charge in [0.25, 0.3) is 0 Å². The van der Waals surface area contributed by atoms with E-state index in [0.717, 1.165) is 6.08 Å². The van der Waals surface area contributed by atoms with Crippen LogP contribution in [-0.4, -0.2) is 50.7 Å². The summed E-state index contributed by atoms with van der Waals surface area (Å²) in [5, 5.41) is 5.23. The number of alkyl halides is 4. The zero-order valence-electron chi connectivity index (χ0n) is 17.9. The number of nitrogens with one attached hydrogen (secondary N) is 2. The predicted molar refractivity (Wildman–Crippen MR) is 116 cm³/mol. The predicted octanol–water partition coefficient (Wildman–Crippen LogP) is 3.67. The smallest absolute Gasteiger partial charge is 0.350 e. The topological polar surface area (TPSA) is 88.0 Å². The largest absolute Gasteiger partial charge is 0.419 e. The molecule has 0 radical (unpaired) electrons. The van der Waals surface area contributed by atoms with Gasteiger partial charge in [0.15, 0.2) is 0 Å². The van der Waals surface area contributed by atoms with Crippen molar-refractivity contribution in [1.29, 1.82) is 0 Å². The van der Waals surface area contributed by atoms with Crippen molar-refractivity contribution in [3.05, 3.63) is 48.6 Å². The maximum Gasteiger partial charge on any atom is 0.419 e. The van der Waals surface area contributed by atoms with Crippen molar-refractivity contribution in [1.82, 2.24) is 19.5 Å². The first-order valence-electron chi connectivity index (χ1n) is 10.2. The normalized spacial score (nSPS) is 18.7. The van der Waals surface area contributed by atoms with Crippen LogP contribution in [0.3, 0.4) is 0 Å². The first kappa shape index (κ1) is 23.4. The van der Waals surface area contributed by atoms with E-state index in [0.29, 0.717) is 29.4 Å². The number of anilines is 3. The highest BCUT2D eigenvalue weighted by Gasteiger charge is 2.33. The van der Waals surface area contributed by atoms with E-state index >= 15 is 0 Å². The van der Waals surface area contributed by atoms with Crippen molar-refractivity contribution in [2.45, 2.75) is 24.8 Å². The number of amides is 1. The fraction of sp³-hybridized carbons (Fsp3) is 0.333. The molecule has 0 unspecified atom stereocenters. The van der Waals surface area contributed by atoms with Crippen molar-refractivity contribution in [3.8, 4) is 0 Å². The van der Waals surface area contributed by atoms with Gasteiger partial charge < -0.3 is 20.1 Å². The molecular formula is C21H20F5N7O. The molecule has 2 aromatic heterocycles. The summed E-state index contributed by atoms with van der Waals surface area (Å²) in [6.07, 6.45) is -3.40. The van der Waals surface area contributed by atoms with Crippen LogP contribution in [0.25, 0.3) is 11.0 Å². The van der Waals surface area contributed by atoms with Gasteiger partial charge in [0.1, 0.15) is 12.0 Å². The Kier molecular flexibility index (Phi) is 6.11. The molecular weight excluding hydrogens is 461 g/mol. The number of rotatable bonds is 5. The molecule has 1 aromatic carbocycles. The molecule has 2 atom stereocenters. The Morgan fingerprint density at radius 1 is 1.24 bits per heavy atom. The van der Waals surface area contributed by atoms with Gasteiger partial charge in [-0.3, -0.25) is 4.79 Å². The monoisotopic (exact) mass is 481 g/mol. The average Bonchev–Trinajstić information content (AvgIpc) is 3.08. The van der Waals surface area contributed by atoms with Crippen molar-refractivity contribution in [2.75, 3.05) is 28.6 Å². The van der Waals surface area contributed by atoms with Crippen LogP contribution >= 0.6 is 0 Å². The zero-order valence-corrected chi connectivity index (χ0v) is 17.9. The molecule has 1 amide bonds. The Hall–Kier alpha value is -3.77. The minimum absolute atomic E-state index is 0.0196. The molecule has 180 valence electrons. The highest BCUT2D eigenvalue weighted by atomic mass is 19.4. The number of imidazole rings is 1. The van der Waals surface area contributed by atoms with Gasteiger partial charge >= 0.3 is 6.18 Å². The Balaban J connectivity index is 1.56. The Morgan fingerprint density at radius 3 is 2.59 bits per heavy atom. The molecule has 1 saturated heterocycles. The van der Waals surface area contributed by atoms with Crippen molar-refractivity contribution < 1.29 is 26.7 Å². The maximum absolute atomic E-state index is 14.6. The summed E-state index contributed by atoms with van der Waals surface area (Å²) in [7, 11) is 1.65. The van der Waals surface area contributed by atoms with Crippen LogP contribution in [0.15, 0.2) is 37.2 Å². The van der Waals surface area contributed by atoms with Crippen LogP contribution in [0.1, 0.15) is 12.0 Å². The lowest BCUT2D eigenvalue weighted by Gasteiger charge is -2.35. The van der Waals surface area contributed by atoms with Crippen LogP contribution in [0, 0.1) is 5.82 Å². The highest BCUT2D eigenvalue weighted by molar-refractivity contribution is 6.00. The maximum atomic E-state index is 14.6.